The van der Waals surface area contributed by atoms with Crippen LogP contribution in [0, 0.1) is 0 Å². The van der Waals surface area contributed by atoms with Gasteiger partial charge in [-0.15, -0.1) is 0 Å². The molecule has 1 rings (SSSR count). The van der Waals surface area contributed by atoms with Gasteiger partial charge in [0.2, 0.25) is 10.0 Å². The van der Waals surface area contributed by atoms with Crippen molar-refractivity contribution in [2.75, 3.05) is 19.5 Å². The minimum Gasteiger partial charge on any atom is -0.495 e. The fraction of sp³-hybridized carbons (Fsp3) is 0.250. The Balaban J connectivity index is 3.37. The van der Waals surface area contributed by atoms with E-state index in [1.165, 1.54) is 13.2 Å². The van der Waals surface area contributed by atoms with Gasteiger partial charge in [-0.25, -0.2) is 13.6 Å². The molecule has 0 fully saturated rings. The summed E-state index contributed by atoms with van der Waals surface area (Å²) in [6.45, 7) is 0. The summed E-state index contributed by atoms with van der Waals surface area (Å²) in [6.07, 6.45) is 0. The molecule has 0 aromatic heterocycles. The smallest absolute Gasteiger partial charge is 0.241 e. The van der Waals surface area contributed by atoms with E-state index in [2.05, 4.69) is 5.32 Å². The number of methoxy groups -OCH3 is 1. The van der Waals surface area contributed by atoms with E-state index < -0.39 is 10.0 Å². The lowest BCUT2D eigenvalue weighted by Gasteiger charge is -2.08. The maximum Gasteiger partial charge on any atom is 0.241 e. The van der Waals surface area contributed by atoms with Crippen molar-refractivity contribution in [1.29, 1.82) is 0 Å². The summed E-state index contributed by atoms with van der Waals surface area (Å²) in [6, 6.07) is 4.67. The van der Waals surface area contributed by atoms with Crippen molar-refractivity contribution < 1.29 is 13.2 Å². The molecule has 0 heterocycles. The van der Waals surface area contributed by atoms with E-state index in [9.17, 15) is 8.42 Å². The molecular formula is C8H12N2O3S. The SMILES string of the molecule is CNc1ccc(OC)c(S(N)(=O)=O)c1. The first-order chi connectivity index (χ1) is 6.49. The van der Waals surface area contributed by atoms with E-state index in [1.54, 1.807) is 19.2 Å². The van der Waals surface area contributed by atoms with Crippen LogP contribution in [0.4, 0.5) is 5.69 Å². The number of anilines is 1. The van der Waals surface area contributed by atoms with E-state index in [-0.39, 0.29) is 10.6 Å². The Labute approximate surface area is 82.9 Å². The molecule has 1 aromatic rings. The van der Waals surface area contributed by atoms with Gasteiger partial charge in [0.15, 0.2) is 0 Å². The van der Waals surface area contributed by atoms with E-state index in [1.807, 2.05) is 0 Å². The number of hydrogen-bond donors (Lipinski definition) is 2. The minimum absolute atomic E-state index is 0.0214. The Morgan fingerprint density at radius 3 is 2.50 bits per heavy atom. The van der Waals surface area contributed by atoms with E-state index in [4.69, 9.17) is 9.88 Å². The second-order valence-electron chi connectivity index (χ2n) is 2.66. The maximum atomic E-state index is 11.2. The fourth-order valence-corrected chi connectivity index (χ4v) is 1.78. The zero-order valence-electron chi connectivity index (χ0n) is 7.94. The molecule has 0 aliphatic carbocycles. The van der Waals surface area contributed by atoms with Crippen LogP contribution in [-0.4, -0.2) is 22.6 Å². The molecule has 3 N–H and O–H groups in total. The number of nitrogens with one attached hydrogen (secondary N) is 1. The summed E-state index contributed by atoms with van der Waals surface area (Å²) in [5.41, 5.74) is 0.662. The summed E-state index contributed by atoms with van der Waals surface area (Å²) >= 11 is 0. The molecular weight excluding hydrogens is 204 g/mol. The summed E-state index contributed by atoms with van der Waals surface area (Å²) in [4.78, 5) is -0.0214. The maximum absolute atomic E-state index is 11.2. The first kappa shape index (κ1) is 10.8. The molecule has 78 valence electrons. The fourth-order valence-electron chi connectivity index (χ4n) is 1.05. The predicted octanol–water partition coefficient (Wildman–Crippen LogP) is 0.384. The quantitative estimate of drug-likeness (QED) is 0.765. The number of sulfonamides is 1. The van der Waals surface area contributed by atoms with Gasteiger partial charge in [-0.05, 0) is 18.2 Å². The highest BCUT2D eigenvalue weighted by Crippen LogP contribution is 2.25. The van der Waals surface area contributed by atoms with Gasteiger partial charge in [-0.3, -0.25) is 0 Å². The lowest BCUT2D eigenvalue weighted by Crippen LogP contribution is -2.13. The molecule has 0 saturated carbocycles. The van der Waals surface area contributed by atoms with Crippen molar-refractivity contribution in [3.05, 3.63) is 18.2 Å². The number of ether oxygens (including phenoxy) is 1. The number of primary sulfonamides is 1. The van der Waals surface area contributed by atoms with Crippen LogP contribution in [0.15, 0.2) is 23.1 Å². The van der Waals surface area contributed by atoms with E-state index >= 15 is 0 Å². The van der Waals surface area contributed by atoms with Crippen LogP contribution in [0.5, 0.6) is 5.75 Å². The molecule has 0 aliphatic heterocycles. The average Bonchev–Trinajstić information content (AvgIpc) is 2.15. The summed E-state index contributed by atoms with van der Waals surface area (Å²) in [5.74, 6) is 0.242. The average molecular weight is 216 g/mol. The lowest BCUT2D eigenvalue weighted by atomic mass is 10.3. The van der Waals surface area contributed by atoms with Gasteiger partial charge in [0.05, 0.1) is 7.11 Å². The molecule has 14 heavy (non-hydrogen) atoms. The molecule has 0 bridgehead atoms. The highest BCUT2D eigenvalue weighted by Gasteiger charge is 2.14. The zero-order valence-corrected chi connectivity index (χ0v) is 8.76. The van der Waals surface area contributed by atoms with E-state index in [0.29, 0.717) is 5.69 Å². The van der Waals surface area contributed by atoms with Crippen molar-refractivity contribution in [2.24, 2.45) is 5.14 Å². The van der Waals surface area contributed by atoms with Crippen LogP contribution < -0.4 is 15.2 Å². The third kappa shape index (κ3) is 2.15. The van der Waals surface area contributed by atoms with Gasteiger partial charge in [-0.2, -0.15) is 0 Å². The molecule has 0 saturated heterocycles. The van der Waals surface area contributed by atoms with Crippen molar-refractivity contribution in [3.63, 3.8) is 0 Å². The molecule has 0 atom stereocenters. The van der Waals surface area contributed by atoms with Crippen molar-refractivity contribution in [3.8, 4) is 5.75 Å². The van der Waals surface area contributed by atoms with Gasteiger partial charge >= 0.3 is 0 Å². The topological polar surface area (TPSA) is 81.4 Å². The number of rotatable bonds is 3. The number of benzene rings is 1. The normalized spacial score (nSPS) is 11.1. The summed E-state index contributed by atoms with van der Waals surface area (Å²) in [5, 5.41) is 7.84. The first-order valence-corrected chi connectivity index (χ1v) is 5.42. The third-order valence-electron chi connectivity index (χ3n) is 1.76. The minimum atomic E-state index is -3.74. The van der Waals surface area contributed by atoms with Crippen LogP contribution in [-0.2, 0) is 10.0 Å². The molecule has 6 heteroatoms. The van der Waals surface area contributed by atoms with Gasteiger partial charge in [0, 0.05) is 12.7 Å². The Bertz CT molecular complexity index is 428. The van der Waals surface area contributed by atoms with Crippen molar-refractivity contribution >= 4 is 15.7 Å². The van der Waals surface area contributed by atoms with Crippen molar-refractivity contribution in [1.82, 2.24) is 0 Å². The molecule has 0 amide bonds. The molecule has 0 aliphatic rings. The molecule has 0 radical (unpaired) electrons. The van der Waals surface area contributed by atoms with Crippen molar-refractivity contribution in [2.45, 2.75) is 4.90 Å². The third-order valence-corrected chi connectivity index (χ3v) is 2.69. The van der Waals surface area contributed by atoms with Crippen LogP contribution in [0.3, 0.4) is 0 Å². The van der Waals surface area contributed by atoms with Gasteiger partial charge in [0.25, 0.3) is 0 Å². The van der Waals surface area contributed by atoms with Crippen LogP contribution in [0.2, 0.25) is 0 Å². The molecule has 0 unspecified atom stereocenters. The second kappa shape index (κ2) is 3.85. The van der Waals surface area contributed by atoms with Gasteiger partial charge < -0.3 is 10.1 Å². The second-order valence-corrected chi connectivity index (χ2v) is 4.19. The molecule has 0 spiro atoms. The van der Waals surface area contributed by atoms with E-state index in [0.717, 1.165) is 0 Å². The summed E-state index contributed by atoms with van der Waals surface area (Å²) in [7, 11) is -0.662. The Hall–Kier alpha value is -1.27. The monoisotopic (exact) mass is 216 g/mol. The highest BCUT2D eigenvalue weighted by atomic mass is 32.2. The molecule has 1 aromatic carbocycles. The lowest BCUT2D eigenvalue weighted by molar-refractivity contribution is 0.403. The number of nitrogens with two attached hydrogens (primary N) is 1. The largest absolute Gasteiger partial charge is 0.495 e. The van der Waals surface area contributed by atoms with Crippen LogP contribution >= 0.6 is 0 Å². The Morgan fingerprint density at radius 2 is 2.07 bits per heavy atom. The number of hydrogen-bond acceptors (Lipinski definition) is 4. The first-order valence-electron chi connectivity index (χ1n) is 3.87. The zero-order chi connectivity index (χ0) is 10.8. The highest BCUT2D eigenvalue weighted by molar-refractivity contribution is 7.89. The summed E-state index contributed by atoms with van der Waals surface area (Å²) < 4.78 is 27.2. The molecule has 5 nitrogen and oxygen atoms in total. The predicted molar refractivity (Wildman–Crippen MR) is 53.9 cm³/mol. The van der Waals surface area contributed by atoms with Crippen LogP contribution in [0.25, 0.3) is 0 Å². The van der Waals surface area contributed by atoms with Crippen LogP contribution in [0.1, 0.15) is 0 Å². The van der Waals surface area contributed by atoms with Gasteiger partial charge in [0.1, 0.15) is 10.6 Å². The Kier molecular flexibility index (Phi) is 2.97. The standard InChI is InChI=1S/C8H12N2O3S/c1-10-6-3-4-7(13-2)8(5-6)14(9,11)12/h3-5,10H,1-2H3,(H2,9,11,12). The Morgan fingerprint density at radius 1 is 1.43 bits per heavy atom. The van der Waals surface area contributed by atoms with Gasteiger partial charge in [-0.1, -0.05) is 0 Å².